The van der Waals surface area contributed by atoms with Gasteiger partial charge in [-0.2, -0.15) is 5.26 Å². The molecule has 0 atom stereocenters. The topological polar surface area (TPSA) is 44.1 Å². The molecular weight excluding hydrogens is 176 g/mol. The molecule has 0 aliphatic rings. The first-order chi connectivity index (χ1) is 6.70. The second-order valence-corrected chi connectivity index (χ2v) is 3.50. The lowest BCUT2D eigenvalue weighted by atomic mass is 10.2. The van der Waals surface area contributed by atoms with Crippen LogP contribution in [0.1, 0.15) is 39.5 Å². The average molecular weight is 196 g/mol. The van der Waals surface area contributed by atoms with Crippen LogP contribution in [0.15, 0.2) is 0 Å². The van der Waals surface area contributed by atoms with Crippen molar-refractivity contribution < 1.29 is 4.79 Å². The van der Waals surface area contributed by atoms with E-state index in [2.05, 4.69) is 17.9 Å². The van der Waals surface area contributed by atoms with Crippen LogP contribution in [-0.4, -0.2) is 30.3 Å². The van der Waals surface area contributed by atoms with E-state index in [4.69, 9.17) is 5.26 Å². The molecule has 0 spiro atoms. The predicted molar refractivity (Wildman–Crippen MR) is 56.9 cm³/mol. The Morgan fingerprint density at radius 3 is 2.57 bits per heavy atom. The Kier molecular flexibility index (Phi) is 8.16. The van der Waals surface area contributed by atoms with E-state index in [1.165, 1.54) is 0 Å². The number of nitriles is 1. The summed E-state index contributed by atoms with van der Waals surface area (Å²) in [5, 5.41) is 8.43. The van der Waals surface area contributed by atoms with Crippen LogP contribution in [0, 0.1) is 11.3 Å². The SMILES string of the molecule is CCN(CCC#N)CCCCC(C)=O. The molecule has 0 radical (unpaired) electrons. The van der Waals surface area contributed by atoms with Gasteiger partial charge in [-0.15, -0.1) is 0 Å². The third-order valence-electron chi connectivity index (χ3n) is 2.24. The van der Waals surface area contributed by atoms with E-state index in [0.29, 0.717) is 12.8 Å². The Hall–Kier alpha value is -0.880. The Bertz CT molecular complexity index is 196. The smallest absolute Gasteiger partial charge is 0.129 e. The van der Waals surface area contributed by atoms with Gasteiger partial charge in [0.05, 0.1) is 6.07 Å². The average Bonchev–Trinajstić information content (AvgIpc) is 2.16. The normalized spacial score (nSPS) is 10.1. The molecule has 0 fully saturated rings. The third-order valence-corrected chi connectivity index (χ3v) is 2.24. The molecule has 3 heteroatoms. The molecule has 0 aromatic heterocycles. The van der Waals surface area contributed by atoms with Crippen LogP contribution in [0.2, 0.25) is 0 Å². The second kappa shape index (κ2) is 8.71. The number of carbonyl (C=O) groups is 1. The van der Waals surface area contributed by atoms with Crippen molar-refractivity contribution in [2.24, 2.45) is 0 Å². The molecule has 0 aromatic carbocycles. The maximum atomic E-state index is 10.7. The van der Waals surface area contributed by atoms with Crippen molar-refractivity contribution in [3.63, 3.8) is 0 Å². The van der Waals surface area contributed by atoms with Crippen LogP contribution in [0.5, 0.6) is 0 Å². The molecule has 0 bridgehead atoms. The van der Waals surface area contributed by atoms with Crippen LogP contribution in [-0.2, 0) is 4.79 Å². The van der Waals surface area contributed by atoms with Gasteiger partial charge in [-0.25, -0.2) is 0 Å². The first-order valence-corrected chi connectivity index (χ1v) is 5.29. The van der Waals surface area contributed by atoms with Gasteiger partial charge >= 0.3 is 0 Å². The van der Waals surface area contributed by atoms with Gasteiger partial charge in [0.2, 0.25) is 0 Å². The van der Waals surface area contributed by atoms with Crippen molar-refractivity contribution in [1.82, 2.24) is 4.90 Å². The minimum Gasteiger partial charge on any atom is -0.303 e. The van der Waals surface area contributed by atoms with E-state index >= 15 is 0 Å². The fourth-order valence-corrected chi connectivity index (χ4v) is 1.35. The summed E-state index contributed by atoms with van der Waals surface area (Å²) in [6, 6.07) is 2.15. The number of ketones is 1. The Morgan fingerprint density at radius 2 is 2.07 bits per heavy atom. The molecule has 0 saturated heterocycles. The Balaban J connectivity index is 3.43. The highest BCUT2D eigenvalue weighted by Gasteiger charge is 2.01. The molecule has 0 heterocycles. The van der Waals surface area contributed by atoms with Crippen molar-refractivity contribution in [3.05, 3.63) is 0 Å². The monoisotopic (exact) mass is 196 g/mol. The van der Waals surface area contributed by atoms with Crippen LogP contribution in [0.25, 0.3) is 0 Å². The fourth-order valence-electron chi connectivity index (χ4n) is 1.35. The summed E-state index contributed by atoms with van der Waals surface area (Å²) in [6.45, 7) is 6.58. The van der Waals surface area contributed by atoms with Gasteiger partial charge < -0.3 is 9.69 Å². The second-order valence-electron chi connectivity index (χ2n) is 3.50. The van der Waals surface area contributed by atoms with E-state index in [0.717, 1.165) is 32.5 Å². The highest BCUT2D eigenvalue weighted by atomic mass is 16.1. The number of nitrogens with zero attached hydrogens (tertiary/aromatic N) is 2. The maximum absolute atomic E-state index is 10.7. The quantitative estimate of drug-likeness (QED) is 0.557. The zero-order chi connectivity index (χ0) is 10.8. The van der Waals surface area contributed by atoms with E-state index in [1.807, 2.05) is 0 Å². The highest BCUT2D eigenvalue weighted by molar-refractivity contribution is 5.75. The Morgan fingerprint density at radius 1 is 1.36 bits per heavy atom. The molecular formula is C11H20N2O. The lowest BCUT2D eigenvalue weighted by Gasteiger charge is -2.18. The lowest BCUT2D eigenvalue weighted by Crippen LogP contribution is -2.25. The van der Waals surface area contributed by atoms with Crippen molar-refractivity contribution >= 4 is 5.78 Å². The van der Waals surface area contributed by atoms with Crippen LogP contribution >= 0.6 is 0 Å². The molecule has 14 heavy (non-hydrogen) atoms. The zero-order valence-corrected chi connectivity index (χ0v) is 9.25. The van der Waals surface area contributed by atoms with Crippen LogP contribution in [0.4, 0.5) is 0 Å². The molecule has 0 N–H and O–H groups in total. The van der Waals surface area contributed by atoms with Gasteiger partial charge in [-0.1, -0.05) is 6.92 Å². The predicted octanol–water partition coefficient (Wildman–Crippen LogP) is 1.98. The number of carbonyl (C=O) groups excluding carboxylic acids is 1. The summed E-state index contributed by atoms with van der Waals surface area (Å²) in [6.07, 6.45) is 3.31. The number of unbranched alkanes of at least 4 members (excludes halogenated alkanes) is 1. The molecule has 0 rings (SSSR count). The molecule has 0 amide bonds. The van der Waals surface area contributed by atoms with Gasteiger partial charge in [-0.05, 0) is 32.9 Å². The number of rotatable bonds is 8. The molecule has 80 valence electrons. The maximum Gasteiger partial charge on any atom is 0.129 e. The summed E-state index contributed by atoms with van der Waals surface area (Å²) in [7, 11) is 0. The number of hydrogen-bond acceptors (Lipinski definition) is 3. The van der Waals surface area contributed by atoms with Crippen molar-refractivity contribution in [1.29, 1.82) is 5.26 Å². The van der Waals surface area contributed by atoms with Crippen molar-refractivity contribution in [2.75, 3.05) is 19.6 Å². The molecule has 0 aromatic rings. The summed E-state index contributed by atoms with van der Waals surface area (Å²) in [5.74, 6) is 0.269. The third kappa shape index (κ3) is 7.75. The van der Waals surface area contributed by atoms with Gasteiger partial charge in [0, 0.05) is 19.4 Å². The van der Waals surface area contributed by atoms with E-state index < -0.39 is 0 Å². The minimum absolute atomic E-state index is 0.269. The highest BCUT2D eigenvalue weighted by Crippen LogP contribution is 2.00. The molecule has 0 unspecified atom stereocenters. The minimum atomic E-state index is 0.269. The van der Waals surface area contributed by atoms with E-state index in [1.54, 1.807) is 6.92 Å². The lowest BCUT2D eigenvalue weighted by molar-refractivity contribution is -0.117. The molecule has 0 aliphatic heterocycles. The zero-order valence-electron chi connectivity index (χ0n) is 9.25. The standard InChI is InChI=1S/C11H20N2O/c1-3-13(10-6-8-12)9-5-4-7-11(2)14/h3-7,9-10H2,1-2H3. The fraction of sp³-hybridized carbons (Fsp3) is 0.818. The number of Topliss-reactive ketones (excluding diaryl/α,β-unsaturated/α-hetero) is 1. The largest absolute Gasteiger partial charge is 0.303 e. The van der Waals surface area contributed by atoms with Gasteiger partial charge in [-0.3, -0.25) is 0 Å². The summed E-state index contributed by atoms with van der Waals surface area (Å²) >= 11 is 0. The van der Waals surface area contributed by atoms with E-state index in [-0.39, 0.29) is 5.78 Å². The van der Waals surface area contributed by atoms with Gasteiger partial charge in [0.25, 0.3) is 0 Å². The van der Waals surface area contributed by atoms with Crippen molar-refractivity contribution in [3.8, 4) is 6.07 Å². The van der Waals surface area contributed by atoms with Gasteiger partial charge in [0.1, 0.15) is 5.78 Å². The van der Waals surface area contributed by atoms with E-state index in [9.17, 15) is 4.79 Å². The molecule has 0 aliphatic carbocycles. The van der Waals surface area contributed by atoms with Gasteiger partial charge in [0.15, 0.2) is 0 Å². The van der Waals surface area contributed by atoms with Crippen LogP contribution < -0.4 is 0 Å². The number of hydrogen-bond donors (Lipinski definition) is 0. The summed E-state index contributed by atoms with van der Waals surface area (Å²) in [5.41, 5.74) is 0. The summed E-state index contributed by atoms with van der Waals surface area (Å²) in [4.78, 5) is 12.9. The van der Waals surface area contributed by atoms with Crippen LogP contribution in [0.3, 0.4) is 0 Å². The summed E-state index contributed by atoms with van der Waals surface area (Å²) < 4.78 is 0. The molecule has 3 nitrogen and oxygen atoms in total. The molecule has 0 saturated carbocycles. The van der Waals surface area contributed by atoms with Crippen molar-refractivity contribution in [2.45, 2.75) is 39.5 Å². The Labute approximate surface area is 86.7 Å². The first-order valence-electron chi connectivity index (χ1n) is 5.29. The first kappa shape index (κ1) is 13.1.